The Labute approximate surface area is 193 Å². The number of hydrogen-bond donors (Lipinski definition) is 1. The van der Waals surface area contributed by atoms with Crippen LogP contribution in [-0.4, -0.2) is 51.0 Å². The van der Waals surface area contributed by atoms with Gasteiger partial charge < -0.3 is 14.5 Å². The van der Waals surface area contributed by atoms with Gasteiger partial charge >= 0.3 is 0 Å². The fourth-order valence-electron chi connectivity index (χ4n) is 4.11. The molecule has 1 aromatic heterocycles. The first-order valence-corrected chi connectivity index (χ1v) is 12.6. The Kier molecular flexibility index (Phi) is 7.28. The number of nitrogens with one attached hydrogen (secondary N) is 1. The van der Waals surface area contributed by atoms with Gasteiger partial charge in [0.15, 0.2) is 0 Å². The first kappa shape index (κ1) is 23.2. The number of nitrogens with zero attached hydrogens (tertiary/aromatic N) is 2. The van der Waals surface area contributed by atoms with E-state index in [4.69, 9.17) is 9.15 Å². The van der Waals surface area contributed by atoms with E-state index < -0.39 is 10.0 Å². The van der Waals surface area contributed by atoms with Crippen LogP contribution in [0.4, 0.5) is 0 Å². The van der Waals surface area contributed by atoms with E-state index in [0.29, 0.717) is 43.4 Å². The summed E-state index contributed by atoms with van der Waals surface area (Å²) in [6.07, 6.45) is 6.66. The van der Waals surface area contributed by atoms with Crippen molar-refractivity contribution < 1.29 is 22.4 Å². The summed E-state index contributed by atoms with van der Waals surface area (Å²) in [5, 5.41) is 12.4. The van der Waals surface area contributed by atoms with Crippen LogP contribution in [0.3, 0.4) is 0 Å². The van der Waals surface area contributed by atoms with E-state index in [0.717, 1.165) is 25.7 Å². The van der Waals surface area contributed by atoms with E-state index in [-0.39, 0.29) is 22.4 Å². The van der Waals surface area contributed by atoms with Gasteiger partial charge in [-0.2, -0.15) is 9.57 Å². The Balaban J connectivity index is 1.46. The highest BCUT2D eigenvalue weighted by Crippen LogP contribution is 2.26. The number of carbonyl (C=O) groups is 1. The van der Waals surface area contributed by atoms with Crippen molar-refractivity contribution in [2.45, 2.75) is 43.0 Å². The molecule has 4 rings (SSSR count). The highest BCUT2D eigenvalue weighted by Gasteiger charge is 2.26. The molecule has 0 atom stereocenters. The lowest BCUT2D eigenvalue weighted by atomic mass is 9.95. The molecule has 1 saturated heterocycles. The molecule has 33 heavy (non-hydrogen) atoms. The van der Waals surface area contributed by atoms with Crippen LogP contribution in [0.15, 0.2) is 51.3 Å². The standard InChI is InChI=1S/C24H27N3O5S/c25-17-19(24(28)26-20-4-2-1-3-5-20)16-21-8-11-23(32-21)18-6-9-22(10-7-18)33(29,30)27-12-14-31-15-13-27/h6-11,16,20H,1-5,12-15H2,(H,26,28)/b19-16+. The number of benzene rings is 1. The number of nitriles is 1. The minimum Gasteiger partial charge on any atom is -0.457 e. The van der Waals surface area contributed by atoms with Gasteiger partial charge in [-0.3, -0.25) is 4.79 Å². The number of amides is 1. The van der Waals surface area contributed by atoms with Gasteiger partial charge in [0.05, 0.1) is 18.1 Å². The van der Waals surface area contributed by atoms with Crippen molar-refractivity contribution in [3.63, 3.8) is 0 Å². The molecular weight excluding hydrogens is 442 g/mol. The molecule has 8 nitrogen and oxygen atoms in total. The summed E-state index contributed by atoms with van der Waals surface area (Å²) in [5.41, 5.74) is 0.689. The normalized spacial score (nSPS) is 18.6. The first-order chi connectivity index (χ1) is 16.0. The lowest BCUT2D eigenvalue weighted by molar-refractivity contribution is -0.117. The number of sulfonamides is 1. The summed E-state index contributed by atoms with van der Waals surface area (Å²) >= 11 is 0. The molecule has 2 fully saturated rings. The van der Waals surface area contributed by atoms with Crippen LogP contribution in [0.5, 0.6) is 0 Å². The second kappa shape index (κ2) is 10.3. The summed E-state index contributed by atoms with van der Waals surface area (Å²) in [6.45, 7) is 1.47. The Hall–Kier alpha value is -2.93. The van der Waals surface area contributed by atoms with E-state index in [2.05, 4.69) is 5.32 Å². The number of rotatable bonds is 6. The third-order valence-electron chi connectivity index (χ3n) is 5.97. The smallest absolute Gasteiger partial charge is 0.262 e. The van der Waals surface area contributed by atoms with E-state index >= 15 is 0 Å². The molecule has 1 aromatic carbocycles. The highest BCUT2D eigenvalue weighted by molar-refractivity contribution is 7.89. The van der Waals surface area contributed by atoms with Gasteiger partial charge in [-0.15, -0.1) is 0 Å². The second-order valence-electron chi connectivity index (χ2n) is 8.22. The van der Waals surface area contributed by atoms with Crippen LogP contribution < -0.4 is 5.32 Å². The van der Waals surface area contributed by atoms with Crippen LogP contribution in [0.25, 0.3) is 17.4 Å². The van der Waals surface area contributed by atoms with Crippen LogP contribution in [0.1, 0.15) is 37.9 Å². The monoisotopic (exact) mass is 469 g/mol. The van der Waals surface area contributed by atoms with Gasteiger partial charge in [0.25, 0.3) is 5.91 Å². The van der Waals surface area contributed by atoms with Crippen molar-refractivity contribution in [2.24, 2.45) is 0 Å². The summed E-state index contributed by atoms with van der Waals surface area (Å²) < 4.78 is 38.0. The van der Waals surface area contributed by atoms with Crippen molar-refractivity contribution >= 4 is 22.0 Å². The maximum atomic E-state index is 12.8. The van der Waals surface area contributed by atoms with Gasteiger partial charge in [0, 0.05) is 30.8 Å². The fraction of sp³-hybridized carbons (Fsp3) is 0.417. The molecule has 0 unspecified atom stereocenters. The van der Waals surface area contributed by atoms with Crippen molar-refractivity contribution in [3.05, 3.63) is 47.7 Å². The fourth-order valence-corrected chi connectivity index (χ4v) is 5.52. The largest absolute Gasteiger partial charge is 0.457 e. The van der Waals surface area contributed by atoms with Crippen molar-refractivity contribution in [1.29, 1.82) is 5.26 Å². The molecule has 174 valence electrons. The Morgan fingerprint density at radius 3 is 2.42 bits per heavy atom. The Bertz CT molecular complexity index is 1150. The molecule has 1 aliphatic carbocycles. The number of furan rings is 1. The lowest BCUT2D eigenvalue weighted by Gasteiger charge is -2.26. The van der Waals surface area contributed by atoms with E-state index in [1.165, 1.54) is 16.8 Å². The van der Waals surface area contributed by atoms with E-state index in [1.807, 2.05) is 6.07 Å². The third-order valence-corrected chi connectivity index (χ3v) is 7.88. The average Bonchev–Trinajstić information content (AvgIpc) is 3.32. The molecule has 2 aliphatic rings. The topological polar surface area (TPSA) is 113 Å². The molecule has 1 saturated carbocycles. The first-order valence-electron chi connectivity index (χ1n) is 11.2. The van der Waals surface area contributed by atoms with E-state index in [9.17, 15) is 18.5 Å². The minimum absolute atomic E-state index is 0.00609. The maximum absolute atomic E-state index is 12.8. The summed E-state index contributed by atoms with van der Waals surface area (Å²) in [6, 6.07) is 11.9. The zero-order valence-electron chi connectivity index (χ0n) is 18.3. The van der Waals surface area contributed by atoms with Crippen molar-refractivity contribution in [1.82, 2.24) is 9.62 Å². The predicted octanol–water partition coefficient (Wildman–Crippen LogP) is 3.32. The Morgan fingerprint density at radius 1 is 1.06 bits per heavy atom. The van der Waals surface area contributed by atoms with E-state index in [1.54, 1.807) is 36.4 Å². The quantitative estimate of drug-likeness (QED) is 0.513. The second-order valence-corrected chi connectivity index (χ2v) is 10.2. The van der Waals surface area contributed by atoms with Gasteiger partial charge in [-0.1, -0.05) is 19.3 Å². The summed E-state index contributed by atoms with van der Waals surface area (Å²) in [7, 11) is -3.56. The molecule has 0 spiro atoms. The van der Waals surface area contributed by atoms with Crippen molar-refractivity contribution in [3.8, 4) is 17.4 Å². The van der Waals surface area contributed by atoms with Crippen LogP contribution in [0, 0.1) is 11.3 Å². The van der Waals surface area contributed by atoms with Gasteiger partial charge in [0.1, 0.15) is 23.2 Å². The highest BCUT2D eigenvalue weighted by atomic mass is 32.2. The van der Waals surface area contributed by atoms with Gasteiger partial charge in [-0.25, -0.2) is 8.42 Å². The molecule has 1 amide bonds. The molecule has 0 radical (unpaired) electrons. The maximum Gasteiger partial charge on any atom is 0.262 e. The number of morpholine rings is 1. The molecule has 2 heterocycles. The third kappa shape index (κ3) is 5.53. The van der Waals surface area contributed by atoms with Crippen LogP contribution in [-0.2, 0) is 19.6 Å². The van der Waals surface area contributed by atoms with Crippen molar-refractivity contribution in [2.75, 3.05) is 26.3 Å². The van der Waals surface area contributed by atoms with Crippen LogP contribution >= 0.6 is 0 Å². The average molecular weight is 470 g/mol. The number of hydrogen-bond acceptors (Lipinski definition) is 6. The zero-order valence-corrected chi connectivity index (χ0v) is 19.1. The molecule has 0 bridgehead atoms. The molecule has 1 aliphatic heterocycles. The van der Waals surface area contributed by atoms with Gasteiger partial charge in [-0.05, 0) is 49.2 Å². The van der Waals surface area contributed by atoms with Gasteiger partial charge in [0.2, 0.25) is 10.0 Å². The predicted molar refractivity (Wildman–Crippen MR) is 122 cm³/mol. The summed E-state index contributed by atoms with van der Waals surface area (Å²) in [5.74, 6) is 0.506. The zero-order chi connectivity index (χ0) is 23.3. The van der Waals surface area contributed by atoms with Crippen LogP contribution in [0.2, 0.25) is 0 Å². The minimum atomic E-state index is -3.56. The number of carbonyl (C=O) groups excluding carboxylic acids is 1. The number of ether oxygens (including phenoxy) is 1. The molecular formula is C24H27N3O5S. The molecule has 1 N–H and O–H groups in total. The molecule has 2 aromatic rings. The SMILES string of the molecule is N#C/C(=C\c1ccc(-c2ccc(S(=O)(=O)N3CCOCC3)cc2)o1)C(=O)NC1CCCCC1. The molecule has 9 heteroatoms. The Morgan fingerprint density at radius 2 is 1.76 bits per heavy atom. The summed E-state index contributed by atoms with van der Waals surface area (Å²) in [4.78, 5) is 12.7. The lowest BCUT2D eigenvalue weighted by Crippen LogP contribution is -2.40.